The summed E-state index contributed by atoms with van der Waals surface area (Å²) < 4.78 is 5.17. The molecule has 0 aromatic rings. The van der Waals surface area contributed by atoms with Gasteiger partial charge in [-0.25, -0.2) is 0 Å². The summed E-state index contributed by atoms with van der Waals surface area (Å²) in [4.78, 5) is 4.40. The Labute approximate surface area is 250 Å². The zero-order chi connectivity index (χ0) is 4.12. The Kier molecular flexibility index (Phi) is 100. The van der Waals surface area contributed by atoms with E-state index in [1.54, 1.807) is 0 Å². The molecule has 10 radical (unpaired) electrons. The van der Waals surface area contributed by atoms with Crippen molar-refractivity contribution in [3.05, 3.63) is 0 Å². The Morgan fingerprint density at radius 1 is 0.889 bits per heavy atom. The molecule has 0 spiro atoms. The van der Waals surface area contributed by atoms with E-state index in [0.717, 1.165) is 0 Å². The average molecular weight is 906 g/mol. The quantitative estimate of drug-likeness (QED) is 0.343. The van der Waals surface area contributed by atoms with Crippen molar-refractivity contribution >= 4 is 159 Å². The molecule has 0 fully saturated rings. The van der Waals surface area contributed by atoms with E-state index in [9.17, 15) is 0 Å². The van der Waals surface area contributed by atoms with Gasteiger partial charge in [0, 0.05) is 206 Å². The van der Waals surface area contributed by atoms with E-state index in [1.165, 1.54) is 0 Å². The molecule has 0 aliphatic rings. The third-order valence-corrected chi connectivity index (χ3v) is 9.19. The van der Waals surface area contributed by atoms with Gasteiger partial charge in [0.15, 0.2) is 0 Å². The maximum Gasteiger partial charge on any atom is 0 e. The molecule has 9 heavy (non-hydrogen) atoms. The summed E-state index contributed by atoms with van der Waals surface area (Å²) in [5.74, 6) is 0. The molecule has 0 saturated carbocycles. The Hall–Kier alpha value is 8.10. The number of hydrogen-bond donors (Lipinski definition) is 0. The van der Waals surface area contributed by atoms with E-state index < -0.39 is 0 Å². The van der Waals surface area contributed by atoms with Gasteiger partial charge in [0.2, 0.25) is 0 Å². The van der Waals surface area contributed by atoms with Crippen molar-refractivity contribution in [3.63, 3.8) is 0 Å². The van der Waals surface area contributed by atoms with E-state index in [4.69, 9.17) is 1.41 Å². The fraction of sp³-hybridized carbons (Fsp3) is 1.00. The molecule has 0 saturated heterocycles. The van der Waals surface area contributed by atoms with Crippen LogP contribution >= 0.6 is 0 Å². The van der Waals surface area contributed by atoms with Crippen LogP contribution in [0.4, 0.5) is 0 Å². The van der Waals surface area contributed by atoms with Crippen molar-refractivity contribution in [2.45, 2.75) is 9.88 Å². The van der Waals surface area contributed by atoms with Crippen molar-refractivity contribution in [1.29, 1.82) is 0 Å². The molecule has 7 heteroatoms. The standard InChI is InChI=1S/2CH3.O.2Ra.2Rb.2Sn/h2*1H3;;;;;;;. The molecular formula is C2H6ORa2Rb2Sn2. The second-order valence-corrected chi connectivity index (χ2v) is 7.33. The second-order valence-electron chi connectivity index (χ2n) is 0.510. The van der Waals surface area contributed by atoms with Crippen molar-refractivity contribution in [3.8, 4) is 0 Å². The van der Waals surface area contributed by atoms with Crippen LogP contribution in [0, 0.1) is 90.0 Å². The third kappa shape index (κ3) is 31.4. The van der Waals surface area contributed by atoms with Crippen molar-refractivity contribution < 1.29 is 91.4 Å². The van der Waals surface area contributed by atoms with Crippen LogP contribution in [-0.4, -0.2) is 159 Å². The van der Waals surface area contributed by atoms with Crippen LogP contribution in [0.25, 0.3) is 0 Å². The maximum absolute atomic E-state index is 5.17. The van der Waals surface area contributed by atoms with Crippen molar-refractivity contribution in [2.75, 3.05) is 0 Å². The molecule has 0 aliphatic heterocycles. The van der Waals surface area contributed by atoms with Gasteiger partial charge in [-0.3, -0.25) is 0 Å². The van der Waals surface area contributed by atoms with E-state index in [0.29, 0.717) is 0 Å². The zero-order valence-corrected chi connectivity index (χ0v) is 34.0. The van der Waals surface area contributed by atoms with Crippen LogP contribution in [0.3, 0.4) is 0 Å². The topological polar surface area (TPSA) is 9.23 Å². The second kappa shape index (κ2) is 29.8. The van der Waals surface area contributed by atoms with Gasteiger partial charge in [0.1, 0.15) is 0 Å². The molecule has 34 valence electrons. The van der Waals surface area contributed by atoms with E-state index >= 15 is 0 Å². The SMILES string of the molecule is [CH3][Sn][O][Sn][CH3].[Ra].[Ra].[Rb].[Rb]. The maximum atomic E-state index is 5.17. The van der Waals surface area contributed by atoms with Crippen molar-refractivity contribution in [1.82, 2.24) is 0 Å². The summed E-state index contributed by atoms with van der Waals surface area (Å²) in [7, 11) is 0. The minimum Gasteiger partial charge on any atom is 0 e. The van der Waals surface area contributed by atoms with Gasteiger partial charge in [-0.05, 0) is 0 Å². The molecule has 0 aromatic carbocycles. The molecule has 0 aliphatic carbocycles. The fourth-order valence-electron chi connectivity index (χ4n) is 0.102. The van der Waals surface area contributed by atoms with E-state index in [1.807, 2.05) is 0 Å². The average Bonchev–Trinajstić information content (AvgIpc) is 1.41. The van der Waals surface area contributed by atoms with E-state index in [-0.39, 0.29) is 249 Å². The first-order valence-electron chi connectivity index (χ1n) is 1.41. The predicted octanol–water partition coefficient (Wildman–Crippen LogP) is -0.424. The monoisotopic (exact) mass is 908 g/mol. The van der Waals surface area contributed by atoms with Gasteiger partial charge in [0.25, 0.3) is 0 Å². The van der Waals surface area contributed by atoms with Crippen LogP contribution in [0.5, 0.6) is 0 Å². The first kappa shape index (κ1) is 30.3. The molecule has 0 rings (SSSR count). The summed E-state index contributed by atoms with van der Waals surface area (Å²) in [6.07, 6.45) is 0. The summed E-state index contributed by atoms with van der Waals surface area (Å²) in [5.41, 5.74) is 0. The largest absolute Gasteiger partial charge is 0 e. The predicted molar refractivity (Wildman–Crippen MR) is 35.8 cm³/mol. The summed E-state index contributed by atoms with van der Waals surface area (Å²) in [5, 5.41) is 0. The first-order valence-corrected chi connectivity index (χ1v) is 9.45. The Bertz CT molecular complexity index is 28.0. The van der Waals surface area contributed by atoms with Crippen LogP contribution in [-0.2, 0) is 1.41 Å². The summed E-state index contributed by atoms with van der Waals surface area (Å²) in [6.45, 7) is 0. The Morgan fingerprint density at radius 3 is 1.11 bits per heavy atom. The summed E-state index contributed by atoms with van der Waals surface area (Å²) >= 11 is -0.437. The molecule has 0 amide bonds. The van der Waals surface area contributed by atoms with Gasteiger partial charge in [-0.15, -0.1) is 0 Å². The molecule has 0 N–H and O–H groups in total. The molecule has 1 nitrogen and oxygen atoms in total. The van der Waals surface area contributed by atoms with Crippen LogP contribution in [0.15, 0.2) is 0 Å². The molecule has 0 aromatic heterocycles. The van der Waals surface area contributed by atoms with Gasteiger partial charge >= 0.3 is 54.4 Å². The summed E-state index contributed by atoms with van der Waals surface area (Å²) in [6, 6.07) is 0. The minimum absolute atomic E-state index is 0. The molecule has 0 unspecified atom stereocenters. The molecule has 0 atom stereocenters. The molecule has 0 bridgehead atoms. The first-order chi connectivity index (χ1) is 2.41. The van der Waals surface area contributed by atoms with Gasteiger partial charge in [0.05, 0.1) is 0 Å². The number of hydrogen-bond acceptors (Lipinski definition) is 1. The molecule has 0 heterocycles. The third-order valence-electron chi connectivity index (χ3n) is 0.204. The normalized spacial score (nSPS) is 4.67. The zero-order valence-electron chi connectivity index (χ0n) is 6.82. The van der Waals surface area contributed by atoms with Crippen molar-refractivity contribution in [2.24, 2.45) is 0 Å². The van der Waals surface area contributed by atoms with Gasteiger partial charge in [-0.2, -0.15) is 0 Å². The Balaban J connectivity index is -0.0000000133. The Morgan fingerprint density at radius 2 is 1.11 bits per heavy atom. The minimum atomic E-state index is -0.219. The fourth-order valence-corrected chi connectivity index (χ4v) is 4.59. The van der Waals surface area contributed by atoms with Crippen LogP contribution < -0.4 is 0 Å². The number of rotatable bonds is 2. The van der Waals surface area contributed by atoms with Crippen LogP contribution in [0.2, 0.25) is 9.88 Å². The van der Waals surface area contributed by atoms with Gasteiger partial charge < -0.3 is 0 Å². The van der Waals surface area contributed by atoms with Crippen LogP contribution in [0.1, 0.15) is 0 Å². The van der Waals surface area contributed by atoms with E-state index in [2.05, 4.69) is 9.88 Å². The van der Waals surface area contributed by atoms with Gasteiger partial charge in [-0.1, -0.05) is 0 Å². The smallest absolute Gasteiger partial charge is 0 e. The molecular weight excluding hydrogens is 900 g/mol.